The van der Waals surface area contributed by atoms with E-state index in [0.717, 1.165) is 27.6 Å². The number of nitrogens with one attached hydrogen (secondary N) is 1. The van der Waals surface area contributed by atoms with Crippen molar-refractivity contribution in [3.05, 3.63) is 65.2 Å². The van der Waals surface area contributed by atoms with E-state index < -0.39 is 0 Å². The van der Waals surface area contributed by atoms with Crippen LogP contribution in [0.4, 0.5) is 5.69 Å². The molecule has 0 radical (unpaired) electrons. The van der Waals surface area contributed by atoms with Gasteiger partial charge in [0.25, 0.3) is 5.91 Å². The van der Waals surface area contributed by atoms with E-state index in [4.69, 9.17) is 4.52 Å². The van der Waals surface area contributed by atoms with Crippen LogP contribution in [-0.4, -0.2) is 22.3 Å². The molecule has 7 heteroatoms. The zero-order valence-electron chi connectivity index (χ0n) is 14.8. The molecule has 0 bridgehead atoms. The molecule has 0 spiro atoms. The van der Waals surface area contributed by atoms with Crippen LogP contribution in [0.25, 0.3) is 0 Å². The van der Waals surface area contributed by atoms with Gasteiger partial charge in [-0.1, -0.05) is 5.16 Å². The monoisotopic (exact) mass is 385 g/mol. The maximum Gasteiger partial charge on any atom is 0.258 e. The predicted molar refractivity (Wildman–Crippen MR) is 106 cm³/mol. The number of hydrogen-bond donors (Lipinski definition) is 1. The maximum atomic E-state index is 12.7. The molecule has 0 atom stereocenters. The number of nitrogens with zero attached hydrogens (tertiary/aromatic N) is 2. The Kier molecular flexibility index (Phi) is 6.00. The average Bonchev–Trinajstić information content (AvgIpc) is 2.98. The van der Waals surface area contributed by atoms with Crippen molar-refractivity contribution in [1.29, 1.82) is 0 Å². The molecule has 1 aromatic carbocycles. The normalized spacial score (nSPS) is 10.7. The summed E-state index contributed by atoms with van der Waals surface area (Å²) in [6.07, 6.45) is 3.71. The van der Waals surface area contributed by atoms with Crippen molar-refractivity contribution in [3.8, 4) is 0 Å². The fourth-order valence-corrected chi connectivity index (χ4v) is 3.95. The number of hydrogen-bond acceptors (Lipinski definition) is 6. The standard InChI is InChI=1S/C19H19N3O2S2/c1-12-17(13(2)24-22-12)11-26-19-16(5-4-10-20-19)18(23)21-14-6-8-15(25-3)9-7-14/h4-10H,11H2,1-3H3,(H,21,23). The highest BCUT2D eigenvalue weighted by Crippen LogP contribution is 2.27. The number of aromatic nitrogens is 2. The first kappa shape index (κ1) is 18.5. The topological polar surface area (TPSA) is 68.0 Å². The summed E-state index contributed by atoms with van der Waals surface area (Å²) in [5.74, 6) is 1.28. The summed E-state index contributed by atoms with van der Waals surface area (Å²) in [6, 6.07) is 11.3. The fourth-order valence-electron chi connectivity index (χ4n) is 2.40. The van der Waals surface area contributed by atoms with Crippen molar-refractivity contribution in [2.75, 3.05) is 11.6 Å². The molecular formula is C19H19N3O2S2. The lowest BCUT2D eigenvalue weighted by Gasteiger charge is -2.09. The van der Waals surface area contributed by atoms with E-state index in [1.165, 1.54) is 11.8 Å². The molecule has 0 fully saturated rings. The van der Waals surface area contributed by atoms with E-state index in [0.29, 0.717) is 16.3 Å². The highest BCUT2D eigenvalue weighted by atomic mass is 32.2. The Morgan fingerprint density at radius 3 is 2.62 bits per heavy atom. The molecule has 0 saturated heterocycles. The van der Waals surface area contributed by atoms with Crippen molar-refractivity contribution in [3.63, 3.8) is 0 Å². The summed E-state index contributed by atoms with van der Waals surface area (Å²) in [5, 5.41) is 7.59. The summed E-state index contributed by atoms with van der Waals surface area (Å²) in [6.45, 7) is 3.80. The summed E-state index contributed by atoms with van der Waals surface area (Å²) in [4.78, 5) is 18.2. The van der Waals surface area contributed by atoms with Crippen molar-refractivity contribution >= 4 is 35.1 Å². The molecule has 0 aliphatic rings. The van der Waals surface area contributed by atoms with Crippen molar-refractivity contribution in [1.82, 2.24) is 10.1 Å². The van der Waals surface area contributed by atoms with Gasteiger partial charge in [-0.2, -0.15) is 0 Å². The molecule has 1 amide bonds. The molecule has 5 nitrogen and oxygen atoms in total. The van der Waals surface area contributed by atoms with E-state index in [2.05, 4.69) is 15.5 Å². The summed E-state index contributed by atoms with van der Waals surface area (Å²) < 4.78 is 5.19. The number of rotatable bonds is 6. The lowest BCUT2D eigenvalue weighted by molar-refractivity contribution is 0.102. The molecule has 2 heterocycles. The second-order valence-electron chi connectivity index (χ2n) is 5.63. The van der Waals surface area contributed by atoms with Crippen molar-refractivity contribution in [2.45, 2.75) is 29.5 Å². The first-order chi connectivity index (χ1) is 12.6. The molecule has 3 rings (SSSR count). The minimum Gasteiger partial charge on any atom is -0.361 e. The van der Waals surface area contributed by atoms with E-state index in [1.54, 1.807) is 30.1 Å². The summed E-state index contributed by atoms with van der Waals surface area (Å²) in [7, 11) is 0. The van der Waals surface area contributed by atoms with Crippen LogP contribution in [0.1, 0.15) is 27.4 Å². The maximum absolute atomic E-state index is 12.7. The van der Waals surface area contributed by atoms with E-state index in [-0.39, 0.29) is 5.91 Å². The molecular weight excluding hydrogens is 366 g/mol. The second kappa shape index (κ2) is 8.42. The SMILES string of the molecule is CSc1ccc(NC(=O)c2cccnc2SCc2c(C)noc2C)cc1. The fraction of sp³-hybridized carbons (Fsp3) is 0.211. The van der Waals surface area contributed by atoms with Crippen molar-refractivity contribution < 1.29 is 9.32 Å². The van der Waals surface area contributed by atoms with Gasteiger partial charge in [-0.05, 0) is 56.5 Å². The largest absolute Gasteiger partial charge is 0.361 e. The Hall–Kier alpha value is -2.25. The number of carbonyl (C=O) groups excluding carboxylic acids is 1. The molecule has 0 saturated carbocycles. The molecule has 0 aliphatic heterocycles. The molecule has 26 heavy (non-hydrogen) atoms. The number of benzene rings is 1. The van der Waals surface area contributed by atoms with Crippen LogP contribution >= 0.6 is 23.5 Å². The van der Waals surface area contributed by atoms with Crippen molar-refractivity contribution in [2.24, 2.45) is 0 Å². The number of amides is 1. The van der Waals surface area contributed by atoms with Gasteiger partial charge < -0.3 is 9.84 Å². The van der Waals surface area contributed by atoms with Gasteiger partial charge >= 0.3 is 0 Å². The van der Waals surface area contributed by atoms with Crippen LogP contribution in [-0.2, 0) is 5.75 Å². The third-order valence-corrected chi connectivity index (χ3v) is 5.67. The molecule has 134 valence electrons. The van der Waals surface area contributed by atoms with Gasteiger partial charge in [0.1, 0.15) is 10.8 Å². The Bertz CT molecular complexity index is 888. The lowest BCUT2D eigenvalue weighted by atomic mass is 10.2. The first-order valence-electron chi connectivity index (χ1n) is 8.03. The van der Waals surface area contributed by atoms with Crippen LogP contribution in [0, 0.1) is 13.8 Å². The van der Waals surface area contributed by atoms with Crippen LogP contribution in [0.15, 0.2) is 57.0 Å². The number of aryl methyl sites for hydroxylation is 2. The Morgan fingerprint density at radius 2 is 1.96 bits per heavy atom. The van der Waals surface area contributed by atoms with E-state index in [9.17, 15) is 4.79 Å². The van der Waals surface area contributed by atoms with Crippen LogP contribution < -0.4 is 5.32 Å². The highest BCUT2D eigenvalue weighted by molar-refractivity contribution is 7.98. The minimum absolute atomic E-state index is 0.170. The molecule has 0 unspecified atom stereocenters. The second-order valence-corrected chi connectivity index (χ2v) is 7.47. The third kappa shape index (κ3) is 4.28. The van der Waals surface area contributed by atoms with Gasteiger partial charge in [0.15, 0.2) is 0 Å². The van der Waals surface area contributed by atoms with Gasteiger partial charge in [0.2, 0.25) is 0 Å². The van der Waals surface area contributed by atoms with Crippen LogP contribution in [0.5, 0.6) is 0 Å². The minimum atomic E-state index is -0.170. The molecule has 3 aromatic rings. The number of thioether (sulfide) groups is 2. The average molecular weight is 386 g/mol. The Balaban J connectivity index is 1.74. The summed E-state index contributed by atoms with van der Waals surface area (Å²) in [5.41, 5.74) is 3.22. The molecule has 1 N–H and O–H groups in total. The quantitative estimate of drug-likeness (QED) is 0.605. The van der Waals surface area contributed by atoms with Gasteiger partial charge in [0, 0.05) is 28.1 Å². The Morgan fingerprint density at radius 1 is 1.19 bits per heavy atom. The summed E-state index contributed by atoms with van der Waals surface area (Å²) >= 11 is 3.17. The highest BCUT2D eigenvalue weighted by Gasteiger charge is 2.15. The number of pyridine rings is 1. The lowest BCUT2D eigenvalue weighted by Crippen LogP contribution is -2.13. The van der Waals surface area contributed by atoms with Gasteiger partial charge in [-0.3, -0.25) is 4.79 Å². The van der Waals surface area contributed by atoms with Gasteiger partial charge in [-0.15, -0.1) is 23.5 Å². The number of anilines is 1. The van der Waals surface area contributed by atoms with Gasteiger partial charge in [-0.25, -0.2) is 4.98 Å². The third-order valence-electron chi connectivity index (χ3n) is 3.90. The smallest absolute Gasteiger partial charge is 0.258 e. The molecule has 0 aliphatic carbocycles. The van der Waals surface area contributed by atoms with E-state index >= 15 is 0 Å². The number of carbonyl (C=O) groups is 1. The first-order valence-corrected chi connectivity index (χ1v) is 10.2. The van der Waals surface area contributed by atoms with Crippen LogP contribution in [0.2, 0.25) is 0 Å². The zero-order valence-corrected chi connectivity index (χ0v) is 16.4. The Labute approximate surface area is 161 Å². The van der Waals surface area contributed by atoms with Gasteiger partial charge in [0.05, 0.1) is 11.3 Å². The zero-order chi connectivity index (χ0) is 18.5. The van der Waals surface area contributed by atoms with Crippen LogP contribution in [0.3, 0.4) is 0 Å². The van der Waals surface area contributed by atoms with E-state index in [1.807, 2.05) is 44.4 Å². The molecule has 2 aromatic heterocycles. The predicted octanol–water partition coefficient (Wildman–Crippen LogP) is 4.95.